The number of carbonyl (C=O) groups excluding carboxylic acids is 1. The van der Waals surface area contributed by atoms with Crippen LogP contribution in [0.5, 0.6) is 0 Å². The Morgan fingerprint density at radius 2 is 2.15 bits per heavy atom. The number of nitrogens with zero attached hydrogens (tertiary/aromatic N) is 1. The molecule has 2 N–H and O–H groups in total. The predicted octanol–water partition coefficient (Wildman–Crippen LogP) is 2.50. The molecule has 1 aliphatic rings. The number of amides is 1. The second kappa shape index (κ2) is 5.13. The zero-order chi connectivity index (χ0) is 14.1. The van der Waals surface area contributed by atoms with Crippen LogP contribution in [0.2, 0.25) is 0 Å². The first-order valence-electron chi connectivity index (χ1n) is 6.88. The predicted molar refractivity (Wildman–Crippen MR) is 76.2 cm³/mol. The molecular formula is C16H18N2O2. The minimum Gasteiger partial charge on any atom is -0.455 e. The second-order valence-electron chi connectivity index (χ2n) is 5.09. The highest BCUT2D eigenvalue weighted by atomic mass is 16.4. The van der Waals surface area contributed by atoms with Gasteiger partial charge in [0.1, 0.15) is 5.76 Å². The van der Waals surface area contributed by atoms with Crippen LogP contribution < -0.4 is 5.73 Å². The molecule has 0 aliphatic carbocycles. The molecule has 0 bridgehead atoms. The number of nitrogens with two attached hydrogens (primary N) is 1. The van der Waals surface area contributed by atoms with Gasteiger partial charge in [0.15, 0.2) is 5.76 Å². The van der Waals surface area contributed by atoms with Crippen LogP contribution in [0.1, 0.15) is 40.4 Å². The lowest BCUT2D eigenvalue weighted by atomic mass is 9.93. The van der Waals surface area contributed by atoms with Crippen LogP contribution in [0.4, 0.5) is 0 Å². The quantitative estimate of drug-likeness (QED) is 0.912. The van der Waals surface area contributed by atoms with E-state index in [1.54, 1.807) is 12.1 Å². The third kappa shape index (κ3) is 2.12. The van der Waals surface area contributed by atoms with E-state index in [-0.39, 0.29) is 11.9 Å². The van der Waals surface area contributed by atoms with Crippen LogP contribution in [0, 0.1) is 0 Å². The van der Waals surface area contributed by atoms with Gasteiger partial charge in [-0.15, -0.1) is 0 Å². The fraction of sp³-hybridized carbons (Fsp3) is 0.312. The summed E-state index contributed by atoms with van der Waals surface area (Å²) in [5.41, 5.74) is 8.06. The topological polar surface area (TPSA) is 59.5 Å². The van der Waals surface area contributed by atoms with Crippen LogP contribution in [-0.4, -0.2) is 17.4 Å². The number of carbonyl (C=O) groups is 1. The maximum Gasteiger partial charge on any atom is 0.290 e. The Hall–Kier alpha value is -2.07. The molecule has 0 spiro atoms. The van der Waals surface area contributed by atoms with Crippen molar-refractivity contribution in [1.29, 1.82) is 0 Å². The SMILES string of the molecule is CC1c2ccccc2CCN1C(=O)c1ccc(CN)o1. The molecule has 2 heterocycles. The molecule has 0 fully saturated rings. The van der Waals surface area contributed by atoms with Crippen LogP contribution >= 0.6 is 0 Å². The summed E-state index contributed by atoms with van der Waals surface area (Å²) in [6.07, 6.45) is 0.886. The number of fused-ring (bicyclic) bond motifs is 1. The van der Waals surface area contributed by atoms with Crippen molar-refractivity contribution < 1.29 is 9.21 Å². The summed E-state index contributed by atoms with van der Waals surface area (Å²) < 4.78 is 5.47. The van der Waals surface area contributed by atoms with Gasteiger partial charge in [-0.25, -0.2) is 0 Å². The molecule has 20 heavy (non-hydrogen) atoms. The molecule has 104 valence electrons. The fourth-order valence-electron chi connectivity index (χ4n) is 2.79. The normalized spacial score (nSPS) is 17.9. The number of hydrogen-bond acceptors (Lipinski definition) is 3. The van der Waals surface area contributed by atoms with E-state index in [2.05, 4.69) is 19.1 Å². The molecule has 4 nitrogen and oxygen atoms in total. The maximum absolute atomic E-state index is 12.5. The molecule has 1 unspecified atom stereocenters. The summed E-state index contributed by atoms with van der Waals surface area (Å²) in [6, 6.07) is 11.8. The van der Waals surface area contributed by atoms with Gasteiger partial charge in [-0.1, -0.05) is 24.3 Å². The monoisotopic (exact) mass is 270 g/mol. The van der Waals surface area contributed by atoms with Crippen LogP contribution in [0.15, 0.2) is 40.8 Å². The van der Waals surface area contributed by atoms with Crippen molar-refractivity contribution in [2.24, 2.45) is 5.73 Å². The minimum absolute atomic E-state index is 0.0632. The van der Waals surface area contributed by atoms with Crippen molar-refractivity contribution >= 4 is 5.91 Å². The maximum atomic E-state index is 12.5. The minimum atomic E-state index is -0.0632. The molecule has 1 aliphatic heterocycles. The Kier molecular flexibility index (Phi) is 3.32. The summed E-state index contributed by atoms with van der Waals surface area (Å²) in [5.74, 6) is 0.946. The van der Waals surface area contributed by atoms with Crippen molar-refractivity contribution in [2.45, 2.75) is 25.9 Å². The summed E-state index contributed by atoms with van der Waals surface area (Å²) in [6.45, 7) is 3.09. The van der Waals surface area contributed by atoms with E-state index >= 15 is 0 Å². The van der Waals surface area contributed by atoms with Crippen molar-refractivity contribution in [2.75, 3.05) is 6.54 Å². The summed E-state index contributed by atoms with van der Waals surface area (Å²) in [5, 5.41) is 0. The first kappa shape index (κ1) is 12.9. The molecule has 2 aromatic rings. The first-order chi connectivity index (χ1) is 9.70. The fourth-order valence-corrected chi connectivity index (χ4v) is 2.79. The number of furan rings is 1. The average Bonchev–Trinajstić information content (AvgIpc) is 2.96. The van der Waals surface area contributed by atoms with E-state index in [1.807, 2.05) is 17.0 Å². The van der Waals surface area contributed by atoms with Crippen LogP contribution in [0.3, 0.4) is 0 Å². The lowest BCUT2D eigenvalue weighted by Gasteiger charge is -2.34. The largest absolute Gasteiger partial charge is 0.455 e. The van der Waals surface area contributed by atoms with E-state index in [4.69, 9.17) is 10.2 Å². The molecule has 1 amide bonds. The molecule has 1 aromatic heterocycles. The Balaban J connectivity index is 1.86. The van der Waals surface area contributed by atoms with Gasteiger partial charge in [0.2, 0.25) is 0 Å². The van der Waals surface area contributed by atoms with Crippen LogP contribution in [-0.2, 0) is 13.0 Å². The molecular weight excluding hydrogens is 252 g/mol. The zero-order valence-electron chi connectivity index (χ0n) is 11.5. The zero-order valence-corrected chi connectivity index (χ0v) is 11.5. The van der Waals surface area contributed by atoms with Gasteiger partial charge in [-0.2, -0.15) is 0 Å². The van der Waals surface area contributed by atoms with E-state index in [0.717, 1.165) is 13.0 Å². The molecule has 0 saturated heterocycles. The van der Waals surface area contributed by atoms with Gasteiger partial charge in [0, 0.05) is 6.54 Å². The van der Waals surface area contributed by atoms with Crippen molar-refractivity contribution in [1.82, 2.24) is 4.90 Å². The third-order valence-corrected chi connectivity index (χ3v) is 3.93. The molecule has 0 radical (unpaired) electrons. The van der Waals surface area contributed by atoms with E-state index in [1.165, 1.54) is 11.1 Å². The number of hydrogen-bond donors (Lipinski definition) is 1. The molecule has 4 heteroatoms. The highest BCUT2D eigenvalue weighted by molar-refractivity contribution is 5.92. The molecule has 1 atom stereocenters. The smallest absolute Gasteiger partial charge is 0.290 e. The van der Waals surface area contributed by atoms with Crippen LogP contribution in [0.25, 0.3) is 0 Å². The lowest BCUT2D eigenvalue weighted by molar-refractivity contribution is 0.0643. The number of rotatable bonds is 2. The van der Waals surface area contributed by atoms with Crippen molar-refractivity contribution in [3.05, 3.63) is 59.0 Å². The number of benzene rings is 1. The van der Waals surface area contributed by atoms with Gasteiger partial charge in [-0.05, 0) is 36.6 Å². The van der Waals surface area contributed by atoms with Gasteiger partial charge < -0.3 is 15.1 Å². The van der Waals surface area contributed by atoms with E-state index in [9.17, 15) is 4.79 Å². The van der Waals surface area contributed by atoms with Crippen molar-refractivity contribution in [3.63, 3.8) is 0 Å². The molecule has 1 aromatic carbocycles. The first-order valence-corrected chi connectivity index (χ1v) is 6.88. The molecule has 0 saturated carbocycles. The Bertz CT molecular complexity index is 633. The Morgan fingerprint density at radius 1 is 1.35 bits per heavy atom. The Labute approximate surface area is 118 Å². The summed E-state index contributed by atoms with van der Waals surface area (Å²) in [4.78, 5) is 14.4. The summed E-state index contributed by atoms with van der Waals surface area (Å²) in [7, 11) is 0. The highest BCUT2D eigenvalue weighted by Gasteiger charge is 2.29. The van der Waals surface area contributed by atoms with Gasteiger partial charge in [0.05, 0.1) is 12.6 Å². The standard InChI is InChI=1S/C16H18N2O2/c1-11-14-5-3-2-4-12(14)8-9-18(11)16(19)15-7-6-13(10-17)20-15/h2-7,11H,8-10,17H2,1H3. The second-order valence-corrected chi connectivity index (χ2v) is 5.09. The van der Waals surface area contributed by atoms with Gasteiger partial charge >= 0.3 is 0 Å². The van der Waals surface area contributed by atoms with E-state index in [0.29, 0.717) is 18.1 Å². The van der Waals surface area contributed by atoms with Crippen molar-refractivity contribution in [3.8, 4) is 0 Å². The molecule has 3 rings (SSSR count). The highest BCUT2D eigenvalue weighted by Crippen LogP contribution is 2.30. The van der Waals surface area contributed by atoms with Gasteiger partial charge in [-0.3, -0.25) is 4.79 Å². The summed E-state index contributed by atoms with van der Waals surface area (Å²) >= 11 is 0. The average molecular weight is 270 g/mol. The Morgan fingerprint density at radius 3 is 2.90 bits per heavy atom. The third-order valence-electron chi connectivity index (χ3n) is 3.93. The van der Waals surface area contributed by atoms with E-state index < -0.39 is 0 Å². The lowest BCUT2D eigenvalue weighted by Crippen LogP contribution is -2.38. The van der Waals surface area contributed by atoms with Gasteiger partial charge in [0.25, 0.3) is 5.91 Å².